The summed E-state index contributed by atoms with van der Waals surface area (Å²) < 4.78 is 1.58. The molecular formula is C20H19N5O. The monoisotopic (exact) mass is 345 g/mol. The molecule has 0 aliphatic rings. The van der Waals surface area contributed by atoms with Crippen LogP contribution in [0.4, 0.5) is 0 Å². The number of amides is 1. The quantitative estimate of drug-likeness (QED) is 0.558. The zero-order chi connectivity index (χ0) is 17.9. The van der Waals surface area contributed by atoms with Gasteiger partial charge in [-0.25, -0.2) is 9.50 Å². The summed E-state index contributed by atoms with van der Waals surface area (Å²) in [5, 5.41) is 6.75. The van der Waals surface area contributed by atoms with Crippen molar-refractivity contribution in [1.29, 1.82) is 0 Å². The molecule has 0 unspecified atom stereocenters. The van der Waals surface area contributed by atoms with Crippen molar-refractivity contribution < 1.29 is 4.79 Å². The van der Waals surface area contributed by atoms with Crippen molar-refractivity contribution in [3.63, 3.8) is 0 Å². The SMILES string of the molecule is CN(CCc1cccc2ccccc12)C(=O)Cc1nc2ncccn2n1. The third-order valence-electron chi connectivity index (χ3n) is 4.49. The van der Waals surface area contributed by atoms with Crippen LogP contribution < -0.4 is 0 Å². The van der Waals surface area contributed by atoms with Crippen LogP contribution >= 0.6 is 0 Å². The average molecular weight is 345 g/mol. The maximum absolute atomic E-state index is 12.5. The van der Waals surface area contributed by atoms with Crippen molar-refractivity contribution >= 4 is 22.5 Å². The molecule has 6 nitrogen and oxygen atoms in total. The highest BCUT2D eigenvalue weighted by atomic mass is 16.2. The second kappa shape index (κ2) is 6.92. The third-order valence-corrected chi connectivity index (χ3v) is 4.49. The largest absolute Gasteiger partial charge is 0.345 e. The smallest absolute Gasteiger partial charge is 0.252 e. The minimum absolute atomic E-state index is 0.00106. The first-order valence-electron chi connectivity index (χ1n) is 8.57. The highest BCUT2D eigenvalue weighted by Gasteiger charge is 2.14. The first-order valence-corrected chi connectivity index (χ1v) is 8.57. The van der Waals surface area contributed by atoms with Gasteiger partial charge in [-0.3, -0.25) is 4.79 Å². The molecule has 0 aliphatic carbocycles. The maximum Gasteiger partial charge on any atom is 0.252 e. The summed E-state index contributed by atoms with van der Waals surface area (Å²) in [4.78, 5) is 22.6. The number of nitrogens with zero attached hydrogens (tertiary/aromatic N) is 5. The number of hydrogen-bond donors (Lipinski definition) is 0. The Morgan fingerprint density at radius 2 is 1.96 bits per heavy atom. The molecule has 0 radical (unpaired) electrons. The van der Waals surface area contributed by atoms with Gasteiger partial charge in [0.15, 0.2) is 5.82 Å². The standard InChI is InChI=1S/C20H19N5O/c1-24(13-10-16-8-4-7-15-6-2-3-9-17(15)16)19(26)14-18-22-20-21-11-5-12-25(20)23-18/h2-9,11-12H,10,13-14H2,1H3. The lowest BCUT2D eigenvalue weighted by molar-refractivity contribution is -0.129. The fourth-order valence-electron chi connectivity index (χ4n) is 3.04. The summed E-state index contributed by atoms with van der Waals surface area (Å²) in [6.45, 7) is 0.651. The van der Waals surface area contributed by atoms with E-state index in [-0.39, 0.29) is 12.3 Å². The van der Waals surface area contributed by atoms with E-state index in [9.17, 15) is 4.79 Å². The molecule has 4 aromatic rings. The molecule has 0 atom stereocenters. The lowest BCUT2D eigenvalue weighted by Gasteiger charge is -2.17. The predicted molar refractivity (Wildman–Crippen MR) is 99.8 cm³/mol. The number of carbonyl (C=O) groups excluding carboxylic acids is 1. The van der Waals surface area contributed by atoms with Crippen molar-refractivity contribution in [2.24, 2.45) is 0 Å². The summed E-state index contributed by atoms with van der Waals surface area (Å²) in [6.07, 6.45) is 4.42. The molecule has 0 saturated heterocycles. The molecule has 0 N–H and O–H groups in total. The lowest BCUT2D eigenvalue weighted by Crippen LogP contribution is -2.30. The minimum atomic E-state index is 0.00106. The molecule has 0 fully saturated rings. The van der Waals surface area contributed by atoms with Crippen LogP contribution in [0.1, 0.15) is 11.4 Å². The van der Waals surface area contributed by atoms with Gasteiger partial charge in [0.2, 0.25) is 5.91 Å². The van der Waals surface area contributed by atoms with Gasteiger partial charge >= 0.3 is 0 Å². The van der Waals surface area contributed by atoms with Crippen LogP contribution in [0.15, 0.2) is 60.9 Å². The predicted octanol–water partition coefficient (Wildman–Crippen LogP) is 2.52. The number of carbonyl (C=O) groups is 1. The molecule has 0 aliphatic heterocycles. The van der Waals surface area contributed by atoms with Gasteiger partial charge in [0.25, 0.3) is 5.78 Å². The Morgan fingerprint density at radius 1 is 1.12 bits per heavy atom. The van der Waals surface area contributed by atoms with E-state index >= 15 is 0 Å². The van der Waals surface area contributed by atoms with Crippen molar-refractivity contribution in [2.75, 3.05) is 13.6 Å². The Hall–Kier alpha value is -3.28. The Morgan fingerprint density at radius 3 is 2.85 bits per heavy atom. The van der Waals surface area contributed by atoms with Crippen LogP contribution in [0.25, 0.3) is 16.6 Å². The highest BCUT2D eigenvalue weighted by Crippen LogP contribution is 2.19. The van der Waals surface area contributed by atoms with E-state index in [4.69, 9.17) is 0 Å². The fourth-order valence-corrected chi connectivity index (χ4v) is 3.04. The average Bonchev–Trinajstić information content (AvgIpc) is 3.08. The lowest BCUT2D eigenvalue weighted by atomic mass is 10.0. The summed E-state index contributed by atoms with van der Waals surface area (Å²) in [6, 6.07) is 16.4. The minimum Gasteiger partial charge on any atom is -0.345 e. The van der Waals surface area contributed by atoms with E-state index < -0.39 is 0 Å². The molecular weight excluding hydrogens is 326 g/mol. The maximum atomic E-state index is 12.5. The Kier molecular flexibility index (Phi) is 4.31. The summed E-state index contributed by atoms with van der Waals surface area (Å²) >= 11 is 0. The van der Waals surface area contributed by atoms with Crippen LogP contribution in [0, 0.1) is 0 Å². The van der Waals surface area contributed by atoms with Gasteiger partial charge in [0, 0.05) is 26.0 Å². The zero-order valence-corrected chi connectivity index (χ0v) is 14.5. The number of aromatic nitrogens is 4. The van der Waals surface area contributed by atoms with E-state index in [0.717, 1.165) is 6.42 Å². The van der Waals surface area contributed by atoms with E-state index in [2.05, 4.69) is 45.4 Å². The molecule has 4 rings (SSSR count). The van der Waals surface area contributed by atoms with Crippen LogP contribution in [-0.4, -0.2) is 44.0 Å². The van der Waals surface area contributed by atoms with E-state index in [1.165, 1.54) is 16.3 Å². The number of likely N-dealkylation sites (N-methyl/N-ethyl adjacent to an activating group) is 1. The first-order chi connectivity index (χ1) is 12.7. The number of hydrogen-bond acceptors (Lipinski definition) is 4. The molecule has 2 heterocycles. The first kappa shape index (κ1) is 16.2. The highest BCUT2D eigenvalue weighted by molar-refractivity contribution is 5.85. The van der Waals surface area contributed by atoms with Crippen molar-refractivity contribution in [3.8, 4) is 0 Å². The van der Waals surface area contributed by atoms with Gasteiger partial charge in [0.1, 0.15) is 0 Å². The van der Waals surface area contributed by atoms with Crippen molar-refractivity contribution in [2.45, 2.75) is 12.8 Å². The number of rotatable bonds is 5. The van der Waals surface area contributed by atoms with Gasteiger partial charge in [-0.1, -0.05) is 42.5 Å². The van der Waals surface area contributed by atoms with Gasteiger partial charge in [-0.05, 0) is 28.8 Å². The number of fused-ring (bicyclic) bond motifs is 2. The van der Waals surface area contributed by atoms with Gasteiger partial charge in [-0.15, -0.1) is 5.10 Å². The molecule has 6 heteroatoms. The second-order valence-corrected chi connectivity index (χ2v) is 6.27. The number of benzene rings is 2. The summed E-state index contributed by atoms with van der Waals surface area (Å²) in [5.74, 6) is 1.00. The van der Waals surface area contributed by atoms with Crippen LogP contribution in [0.2, 0.25) is 0 Å². The summed E-state index contributed by atoms with van der Waals surface area (Å²) in [7, 11) is 1.82. The van der Waals surface area contributed by atoms with Crippen LogP contribution in [-0.2, 0) is 17.6 Å². The Balaban J connectivity index is 1.42. The molecule has 0 bridgehead atoms. The zero-order valence-electron chi connectivity index (χ0n) is 14.5. The molecule has 0 saturated carbocycles. The fraction of sp³-hybridized carbons (Fsp3) is 0.200. The molecule has 2 aromatic heterocycles. The van der Waals surface area contributed by atoms with Gasteiger partial charge in [-0.2, -0.15) is 4.98 Å². The molecule has 1 amide bonds. The van der Waals surface area contributed by atoms with Crippen molar-refractivity contribution in [1.82, 2.24) is 24.5 Å². The van der Waals surface area contributed by atoms with E-state index in [1.807, 2.05) is 19.2 Å². The van der Waals surface area contributed by atoms with E-state index in [0.29, 0.717) is 18.1 Å². The topological polar surface area (TPSA) is 63.4 Å². The van der Waals surface area contributed by atoms with Gasteiger partial charge in [0.05, 0.1) is 6.42 Å². The third kappa shape index (κ3) is 3.26. The van der Waals surface area contributed by atoms with Gasteiger partial charge < -0.3 is 4.90 Å². The normalized spacial score (nSPS) is 11.1. The molecule has 26 heavy (non-hydrogen) atoms. The second-order valence-electron chi connectivity index (χ2n) is 6.27. The Labute approximate surface area is 151 Å². The Bertz CT molecular complexity index is 1030. The molecule has 130 valence electrons. The van der Waals surface area contributed by atoms with Crippen LogP contribution in [0.5, 0.6) is 0 Å². The molecule has 2 aromatic carbocycles. The van der Waals surface area contributed by atoms with Crippen LogP contribution in [0.3, 0.4) is 0 Å². The summed E-state index contributed by atoms with van der Waals surface area (Å²) in [5.41, 5.74) is 1.25. The molecule has 0 spiro atoms. The van der Waals surface area contributed by atoms with E-state index in [1.54, 1.807) is 27.9 Å². The van der Waals surface area contributed by atoms with Crippen molar-refractivity contribution in [3.05, 3.63) is 72.3 Å².